The summed E-state index contributed by atoms with van der Waals surface area (Å²) >= 11 is 0. The van der Waals surface area contributed by atoms with Gasteiger partial charge in [-0.3, -0.25) is 13.8 Å². The molecule has 0 bridgehead atoms. The molecule has 2 unspecified atom stereocenters. The summed E-state index contributed by atoms with van der Waals surface area (Å²) in [5, 5.41) is 0. The largest absolute Gasteiger partial charge is 0.472 e. The molecule has 0 rings (SSSR count). The highest BCUT2D eigenvalue weighted by Gasteiger charge is 2.25. The van der Waals surface area contributed by atoms with Crippen LogP contribution in [0.3, 0.4) is 0 Å². The topological polar surface area (TPSA) is 117 Å². The Hall–Kier alpha value is -1.54. The summed E-state index contributed by atoms with van der Waals surface area (Å²) < 4.78 is 33.6. The Morgan fingerprint density at radius 1 is 0.500 bits per heavy atom. The monoisotopic (exact) mass is 866 g/mol. The van der Waals surface area contributed by atoms with Crippen molar-refractivity contribution in [1.82, 2.24) is 0 Å². The number of hydrogen-bond donors (Lipinski definition) is 2. The Kier molecular flexibility index (Phi) is 47.2. The van der Waals surface area contributed by atoms with Crippen molar-refractivity contribution in [2.45, 2.75) is 238 Å². The van der Waals surface area contributed by atoms with Gasteiger partial charge in [-0.2, -0.15) is 0 Å². The van der Waals surface area contributed by atoms with E-state index in [1.54, 1.807) is 0 Å². The first-order valence-corrected chi connectivity index (χ1v) is 26.6. The number of esters is 1. The third kappa shape index (κ3) is 47.5. The van der Waals surface area contributed by atoms with Gasteiger partial charge in [-0.15, -0.1) is 0 Å². The second-order valence-electron chi connectivity index (χ2n) is 16.7. The molecule has 352 valence electrons. The number of allylic oxidation sites excluding steroid dienone is 8. The number of nitrogens with two attached hydrogens (primary N) is 1. The first-order chi connectivity index (χ1) is 29.4. The van der Waals surface area contributed by atoms with Crippen molar-refractivity contribution in [3.8, 4) is 0 Å². The molecule has 0 amide bonds. The smallest absolute Gasteiger partial charge is 0.457 e. The molecule has 0 spiro atoms. The molecule has 9 heteroatoms. The van der Waals surface area contributed by atoms with Crippen molar-refractivity contribution in [2.75, 3.05) is 33.0 Å². The molecule has 2 atom stereocenters. The number of carbonyl (C=O) groups excluding carboxylic acids is 1. The highest BCUT2D eigenvalue weighted by atomic mass is 31.2. The highest BCUT2D eigenvalue weighted by Crippen LogP contribution is 2.43. The number of ether oxygens (including phenoxy) is 2. The van der Waals surface area contributed by atoms with Gasteiger partial charge < -0.3 is 20.1 Å². The van der Waals surface area contributed by atoms with Crippen molar-refractivity contribution < 1.29 is 32.8 Å². The minimum Gasteiger partial charge on any atom is -0.457 e. The Bertz CT molecular complexity index is 1060. The molecule has 0 aromatic rings. The molecule has 60 heavy (non-hydrogen) atoms. The van der Waals surface area contributed by atoms with E-state index in [4.69, 9.17) is 24.3 Å². The molecule has 0 fully saturated rings. The van der Waals surface area contributed by atoms with E-state index in [1.165, 1.54) is 167 Å². The molecule has 8 nitrogen and oxygen atoms in total. The predicted octanol–water partition coefficient (Wildman–Crippen LogP) is 15.5. The number of hydrogen-bond acceptors (Lipinski definition) is 7. The van der Waals surface area contributed by atoms with E-state index in [2.05, 4.69) is 62.5 Å². The van der Waals surface area contributed by atoms with Gasteiger partial charge in [-0.25, -0.2) is 4.57 Å². The quantitative estimate of drug-likeness (QED) is 0.0269. The molecule has 0 aromatic heterocycles. The number of carbonyl (C=O) groups is 1. The van der Waals surface area contributed by atoms with E-state index in [1.807, 2.05) is 0 Å². The van der Waals surface area contributed by atoms with Crippen LogP contribution in [0, 0.1) is 0 Å². The number of rotatable bonds is 48. The molecular weight excluding hydrogens is 770 g/mol. The maximum absolute atomic E-state index is 12.6. The van der Waals surface area contributed by atoms with E-state index in [0.717, 1.165) is 44.9 Å². The van der Waals surface area contributed by atoms with Crippen molar-refractivity contribution in [1.29, 1.82) is 0 Å². The van der Waals surface area contributed by atoms with Crippen LogP contribution in [0.2, 0.25) is 0 Å². The summed E-state index contributed by atoms with van der Waals surface area (Å²) in [6, 6.07) is 0. The summed E-state index contributed by atoms with van der Waals surface area (Å²) in [6.45, 7) is 4.90. The van der Waals surface area contributed by atoms with Crippen molar-refractivity contribution in [3.63, 3.8) is 0 Å². The Balaban J connectivity index is 3.96. The fourth-order valence-corrected chi connectivity index (χ4v) is 7.76. The van der Waals surface area contributed by atoms with E-state index >= 15 is 0 Å². The van der Waals surface area contributed by atoms with Gasteiger partial charge >= 0.3 is 13.8 Å². The van der Waals surface area contributed by atoms with Gasteiger partial charge in [0.25, 0.3) is 0 Å². The van der Waals surface area contributed by atoms with Gasteiger partial charge in [0.2, 0.25) is 0 Å². The molecule has 0 saturated carbocycles. The molecule has 0 aromatic carbocycles. The van der Waals surface area contributed by atoms with Crippen molar-refractivity contribution in [3.05, 3.63) is 48.6 Å². The molecule has 0 aliphatic rings. The van der Waals surface area contributed by atoms with Gasteiger partial charge in [-0.05, 0) is 77.0 Å². The van der Waals surface area contributed by atoms with E-state index in [-0.39, 0.29) is 32.3 Å². The summed E-state index contributed by atoms with van der Waals surface area (Å²) in [5.74, 6) is -0.334. The molecule has 0 heterocycles. The highest BCUT2D eigenvalue weighted by molar-refractivity contribution is 7.47. The molecule has 0 saturated heterocycles. The number of unbranched alkanes of at least 4 members (excludes halogenated alkanes) is 27. The normalized spacial score (nSPS) is 13.7. The number of phosphoric ester groups is 1. The van der Waals surface area contributed by atoms with Gasteiger partial charge in [-0.1, -0.05) is 197 Å². The van der Waals surface area contributed by atoms with Gasteiger partial charge in [0.15, 0.2) is 0 Å². The van der Waals surface area contributed by atoms with Crippen LogP contribution in [0.25, 0.3) is 0 Å². The third-order valence-electron chi connectivity index (χ3n) is 10.7. The van der Waals surface area contributed by atoms with Gasteiger partial charge in [0.1, 0.15) is 6.10 Å². The maximum atomic E-state index is 12.6. The van der Waals surface area contributed by atoms with E-state index in [9.17, 15) is 14.3 Å². The van der Waals surface area contributed by atoms with Crippen molar-refractivity contribution in [2.24, 2.45) is 5.73 Å². The first kappa shape index (κ1) is 58.5. The lowest BCUT2D eigenvalue weighted by Gasteiger charge is -2.20. The zero-order valence-corrected chi connectivity index (χ0v) is 40.1. The lowest BCUT2D eigenvalue weighted by molar-refractivity contribution is -0.154. The van der Waals surface area contributed by atoms with Gasteiger partial charge in [0.05, 0.1) is 19.8 Å². The minimum atomic E-state index is -4.28. The fraction of sp³-hybridized carbons (Fsp3) is 0.824. The SMILES string of the molecule is CCCCC/C=C\C/C=C\CCCCCCCCCCCCOCC(COP(=O)(O)OCCN)OC(=O)CCCCCCCCCCC/C=C\C/C=C\CCCCCCC. The first-order valence-electron chi connectivity index (χ1n) is 25.1. The standard InChI is InChI=1S/C51H96NO7P/c1-3-5-7-9-11-13-15-17-19-21-23-25-26-28-30-32-34-36-38-40-42-44-51(53)59-50(49-58-60(54,55)57-47-45-52)48-56-46-43-41-39-37-35-33-31-29-27-24-22-20-18-16-14-12-10-8-6-4-2/h12,14-15,17-18,20-21,23,50H,3-11,13,16,19,22,24-49,52H2,1-2H3,(H,54,55)/b14-12-,17-15-,20-18-,23-21-. The predicted molar refractivity (Wildman–Crippen MR) is 256 cm³/mol. The van der Waals surface area contributed by atoms with Crippen LogP contribution >= 0.6 is 7.82 Å². The zero-order chi connectivity index (χ0) is 43.7. The van der Waals surface area contributed by atoms with Gasteiger partial charge in [0, 0.05) is 19.6 Å². The second-order valence-corrected chi connectivity index (χ2v) is 18.1. The van der Waals surface area contributed by atoms with Crippen molar-refractivity contribution >= 4 is 13.8 Å². The minimum absolute atomic E-state index is 0.0977. The van der Waals surface area contributed by atoms with Crippen LogP contribution in [0.5, 0.6) is 0 Å². The molecule has 0 aliphatic carbocycles. The van der Waals surface area contributed by atoms with Crippen LogP contribution in [0.15, 0.2) is 48.6 Å². The summed E-state index contributed by atoms with van der Waals surface area (Å²) in [5.41, 5.74) is 5.39. The lowest BCUT2D eigenvalue weighted by Crippen LogP contribution is -2.28. The Morgan fingerprint density at radius 2 is 0.883 bits per heavy atom. The van der Waals surface area contributed by atoms with Crippen LogP contribution in [-0.2, 0) is 27.9 Å². The average molecular weight is 866 g/mol. The van der Waals surface area contributed by atoms with Crippen LogP contribution < -0.4 is 5.73 Å². The number of phosphoric acid groups is 1. The fourth-order valence-electron chi connectivity index (χ4n) is 7.00. The molecular formula is C51H96NO7P. The maximum Gasteiger partial charge on any atom is 0.472 e. The molecule has 0 aliphatic heterocycles. The Labute approximate surface area is 371 Å². The lowest BCUT2D eigenvalue weighted by atomic mass is 10.1. The van der Waals surface area contributed by atoms with Crippen LogP contribution in [0.1, 0.15) is 232 Å². The van der Waals surface area contributed by atoms with E-state index in [0.29, 0.717) is 13.0 Å². The summed E-state index contributed by atoms with van der Waals surface area (Å²) in [6.07, 6.45) is 58.5. The van der Waals surface area contributed by atoms with Crippen LogP contribution in [-0.4, -0.2) is 49.9 Å². The van der Waals surface area contributed by atoms with Crippen LogP contribution in [0.4, 0.5) is 0 Å². The third-order valence-corrected chi connectivity index (χ3v) is 11.7. The molecule has 3 N–H and O–H groups in total. The summed E-state index contributed by atoms with van der Waals surface area (Å²) in [4.78, 5) is 22.6. The average Bonchev–Trinajstić information content (AvgIpc) is 3.24. The summed E-state index contributed by atoms with van der Waals surface area (Å²) in [7, 11) is -4.28. The molecule has 0 radical (unpaired) electrons. The zero-order valence-electron chi connectivity index (χ0n) is 39.2. The second kappa shape index (κ2) is 48.5. The Morgan fingerprint density at radius 3 is 1.33 bits per heavy atom. The van der Waals surface area contributed by atoms with E-state index < -0.39 is 13.9 Å².